The van der Waals surface area contributed by atoms with Crippen LogP contribution in [0.1, 0.15) is 238 Å². The van der Waals surface area contributed by atoms with Crippen molar-refractivity contribution in [3.63, 3.8) is 0 Å². The molecule has 0 fully saturated rings. The van der Waals surface area contributed by atoms with Crippen molar-refractivity contribution in [3.8, 4) is 0 Å². The Balaban J connectivity index is 3.14. The number of hydrogen-bond acceptors (Lipinski definition) is 2. The third kappa shape index (κ3) is 37.3. The number of unbranched alkanes of at least 4 members (excludes halogenated alkanes) is 32. The van der Waals surface area contributed by atoms with Gasteiger partial charge in [-0.05, 0) is 19.3 Å². The molecule has 0 aromatic rings. The highest BCUT2D eigenvalue weighted by Gasteiger charge is 2.02. The molecule has 0 aliphatic rings. The minimum absolute atomic E-state index is 0.518. The van der Waals surface area contributed by atoms with Gasteiger partial charge in [-0.25, -0.2) is 0 Å². The summed E-state index contributed by atoms with van der Waals surface area (Å²) < 4.78 is 0. The molecule has 0 heterocycles. The summed E-state index contributed by atoms with van der Waals surface area (Å²) in [6.07, 6.45) is 48.4. The molecule has 0 aliphatic heterocycles. The van der Waals surface area contributed by atoms with Crippen molar-refractivity contribution in [2.45, 2.75) is 238 Å². The van der Waals surface area contributed by atoms with Crippen molar-refractivity contribution in [2.75, 3.05) is 0 Å². The van der Waals surface area contributed by atoms with E-state index in [0.717, 1.165) is 44.8 Å². The minimum Gasteiger partial charge on any atom is -0.303 e. The first-order valence-electron chi connectivity index (χ1n) is 19.3. The lowest BCUT2D eigenvalue weighted by Crippen LogP contribution is -1.97. The third-order valence-corrected chi connectivity index (χ3v) is 9.09. The molecule has 0 atom stereocenters. The summed E-state index contributed by atoms with van der Waals surface area (Å²) in [7, 11) is 0. The van der Waals surface area contributed by atoms with E-state index in [0.29, 0.717) is 5.78 Å². The van der Waals surface area contributed by atoms with Gasteiger partial charge in [0.15, 0.2) is 0 Å². The van der Waals surface area contributed by atoms with Crippen LogP contribution in [0, 0.1) is 0 Å². The van der Waals surface area contributed by atoms with Gasteiger partial charge in [-0.2, -0.15) is 0 Å². The zero-order valence-electron chi connectivity index (χ0n) is 28.3. The summed E-state index contributed by atoms with van der Waals surface area (Å²) in [6, 6.07) is 0. The number of rotatable bonds is 37. The molecule has 0 N–H and O–H groups in total. The Labute approximate surface area is 259 Å². The van der Waals surface area contributed by atoms with E-state index in [2.05, 4.69) is 6.92 Å². The van der Waals surface area contributed by atoms with Gasteiger partial charge in [-0.3, -0.25) is 4.79 Å². The summed E-state index contributed by atoms with van der Waals surface area (Å²) >= 11 is 0. The molecule has 0 aliphatic carbocycles. The molecule has 0 aromatic carbocycles. The van der Waals surface area contributed by atoms with Gasteiger partial charge < -0.3 is 4.79 Å². The maximum atomic E-state index is 12.2. The van der Waals surface area contributed by atoms with Crippen LogP contribution in [0.2, 0.25) is 0 Å². The van der Waals surface area contributed by atoms with Crippen LogP contribution < -0.4 is 0 Å². The highest BCUT2D eigenvalue weighted by Crippen LogP contribution is 2.16. The van der Waals surface area contributed by atoms with E-state index in [-0.39, 0.29) is 0 Å². The lowest BCUT2D eigenvalue weighted by Gasteiger charge is -2.04. The predicted octanol–water partition coefficient (Wildman–Crippen LogP) is 13.8. The van der Waals surface area contributed by atoms with Gasteiger partial charge in [0.05, 0.1) is 0 Å². The molecular formula is C39H76O2. The van der Waals surface area contributed by atoms with Crippen molar-refractivity contribution < 1.29 is 9.59 Å². The van der Waals surface area contributed by atoms with E-state index in [9.17, 15) is 9.59 Å². The first-order valence-corrected chi connectivity index (χ1v) is 19.3. The van der Waals surface area contributed by atoms with Gasteiger partial charge >= 0.3 is 0 Å². The molecule has 0 saturated heterocycles. The maximum Gasteiger partial charge on any atom is 0.132 e. The Bertz CT molecular complexity index is 500. The SMILES string of the molecule is CCCCCCCCCCCCCCCCCCC(=O)CCCCCCCCCCCCCCCCCCCC=O. The summed E-state index contributed by atoms with van der Waals surface area (Å²) in [6.45, 7) is 2.29. The van der Waals surface area contributed by atoms with Gasteiger partial charge in [0.1, 0.15) is 12.1 Å². The molecule has 0 aromatic heterocycles. The molecule has 0 saturated carbocycles. The standard InChI is InChI=1S/C39H76O2/c1-2-3-4-5-6-7-8-9-10-15-18-21-24-27-30-33-36-39(41)37-34-31-28-25-22-19-16-13-11-12-14-17-20-23-26-29-32-35-38-40/h38H,2-37H2,1H3. The smallest absolute Gasteiger partial charge is 0.132 e. The Hall–Kier alpha value is -0.660. The molecule has 0 bridgehead atoms. The van der Waals surface area contributed by atoms with Crippen LogP contribution in [0.4, 0.5) is 0 Å². The van der Waals surface area contributed by atoms with Crippen LogP contribution in [0.5, 0.6) is 0 Å². The highest BCUT2D eigenvalue weighted by atomic mass is 16.1. The molecule has 2 heteroatoms. The Morgan fingerprint density at radius 2 is 0.561 bits per heavy atom. The van der Waals surface area contributed by atoms with Crippen LogP contribution in [-0.2, 0) is 9.59 Å². The van der Waals surface area contributed by atoms with E-state index in [1.807, 2.05) is 0 Å². The highest BCUT2D eigenvalue weighted by molar-refractivity contribution is 5.78. The largest absolute Gasteiger partial charge is 0.303 e. The number of Topliss-reactive ketones (excluding diaryl/α,β-unsaturated/α-hetero) is 1. The van der Waals surface area contributed by atoms with Crippen LogP contribution in [0.15, 0.2) is 0 Å². The fraction of sp³-hybridized carbons (Fsp3) is 0.949. The summed E-state index contributed by atoms with van der Waals surface area (Å²) in [4.78, 5) is 22.4. The number of carbonyl (C=O) groups is 2. The van der Waals surface area contributed by atoms with Crippen LogP contribution in [-0.4, -0.2) is 12.1 Å². The monoisotopic (exact) mass is 577 g/mol. The van der Waals surface area contributed by atoms with E-state index >= 15 is 0 Å². The Morgan fingerprint density at radius 1 is 0.341 bits per heavy atom. The first-order chi connectivity index (χ1) is 20.3. The van der Waals surface area contributed by atoms with Crippen LogP contribution >= 0.6 is 0 Å². The molecule has 0 radical (unpaired) electrons. The molecule has 0 rings (SSSR count). The van der Waals surface area contributed by atoms with Gasteiger partial charge in [0.2, 0.25) is 0 Å². The zero-order valence-corrected chi connectivity index (χ0v) is 28.3. The Kier molecular flexibility index (Phi) is 36.8. The average molecular weight is 577 g/mol. The van der Waals surface area contributed by atoms with Crippen LogP contribution in [0.3, 0.4) is 0 Å². The minimum atomic E-state index is 0.518. The molecular weight excluding hydrogens is 500 g/mol. The summed E-state index contributed by atoms with van der Waals surface area (Å²) in [5.74, 6) is 0.518. The maximum absolute atomic E-state index is 12.2. The number of ketones is 1. The second-order valence-electron chi connectivity index (χ2n) is 13.3. The van der Waals surface area contributed by atoms with Gasteiger partial charge in [0, 0.05) is 19.3 Å². The second-order valence-corrected chi connectivity index (χ2v) is 13.3. The molecule has 0 spiro atoms. The van der Waals surface area contributed by atoms with Crippen molar-refractivity contribution in [2.24, 2.45) is 0 Å². The van der Waals surface area contributed by atoms with Crippen molar-refractivity contribution >= 4 is 12.1 Å². The van der Waals surface area contributed by atoms with E-state index in [4.69, 9.17) is 0 Å². The lowest BCUT2D eigenvalue weighted by atomic mass is 10.0. The topological polar surface area (TPSA) is 34.1 Å². The van der Waals surface area contributed by atoms with Crippen molar-refractivity contribution in [1.82, 2.24) is 0 Å². The number of hydrogen-bond donors (Lipinski definition) is 0. The van der Waals surface area contributed by atoms with E-state index < -0.39 is 0 Å². The lowest BCUT2D eigenvalue weighted by molar-refractivity contribution is -0.119. The molecule has 244 valence electrons. The molecule has 0 amide bonds. The fourth-order valence-corrected chi connectivity index (χ4v) is 6.20. The van der Waals surface area contributed by atoms with Gasteiger partial charge in [0.25, 0.3) is 0 Å². The zero-order chi connectivity index (χ0) is 29.7. The van der Waals surface area contributed by atoms with E-state index in [1.165, 1.54) is 193 Å². The normalized spacial score (nSPS) is 11.3. The summed E-state index contributed by atoms with van der Waals surface area (Å²) in [5.41, 5.74) is 0. The Morgan fingerprint density at radius 3 is 0.805 bits per heavy atom. The summed E-state index contributed by atoms with van der Waals surface area (Å²) in [5, 5.41) is 0. The first kappa shape index (κ1) is 40.3. The molecule has 41 heavy (non-hydrogen) atoms. The van der Waals surface area contributed by atoms with E-state index in [1.54, 1.807) is 0 Å². The van der Waals surface area contributed by atoms with Crippen LogP contribution in [0.25, 0.3) is 0 Å². The van der Waals surface area contributed by atoms with Crippen molar-refractivity contribution in [3.05, 3.63) is 0 Å². The second kappa shape index (κ2) is 37.4. The fourth-order valence-electron chi connectivity index (χ4n) is 6.20. The average Bonchev–Trinajstić information content (AvgIpc) is 2.98. The van der Waals surface area contributed by atoms with Crippen molar-refractivity contribution in [1.29, 1.82) is 0 Å². The quantitative estimate of drug-likeness (QED) is 0.0544. The molecule has 2 nitrogen and oxygen atoms in total. The number of carbonyl (C=O) groups excluding carboxylic acids is 2. The van der Waals surface area contributed by atoms with Gasteiger partial charge in [-0.15, -0.1) is 0 Å². The number of aldehydes is 1. The predicted molar refractivity (Wildman–Crippen MR) is 183 cm³/mol. The van der Waals surface area contributed by atoms with Gasteiger partial charge in [-0.1, -0.05) is 200 Å². The third-order valence-electron chi connectivity index (χ3n) is 9.09. The molecule has 0 unspecified atom stereocenters.